The molecule has 0 saturated carbocycles. The van der Waals surface area contributed by atoms with E-state index < -0.39 is 17.9 Å². The summed E-state index contributed by atoms with van der Waals surface area (Å²) in [5, 5.41) is 3.16. The standard InChI is InChI=1S/C14H15FN2O3/c1-8(14(19)20-3)16-13(18)12-7-9-6-10(15)4-5-11(9)17(12)2/h4-8H,1-3H3,(H,16,18)/t8-/m1/s1. The first-order valence-electron chi connectivity index (χ1n) is 6.07. The number of nitrogens with zero attached hydrogens (tertiary/aromatic N) is 1. The molecule has 1 amide bonds. The van der Waals surface area contributed by atoms with Crippen molar-refractivity contribution in [2.45, 2.75) is 13.0 Å². The SMILES string of the molecule is COC(=O)[C@@H](C)NC(=O)c1cc2cc(F)ccc2n1C. The van der Waals surface area contributed by atoms with Crippen molar-refractivity contribution in [2.75, 3.05) is 7.11 Å². The molecule has 5 nitrogen and oxygen atoms in total. The summed E-state index contributed by atoms with van der Waals surface area (Å²) >= 11 is 0. The van der Waals surface area contributed by atoms with Crippen molar-refractivity contribution in [1.29, 1.82) is 0 Å². The molecule has 0 bridgehead atoms. The zero-order valence-corrected chi connectivity index (χ0v) is 11.4. The van der Waals surface area contributed by atoms with Crippen LogP contribution < -0.4 is 5.32 Å². The van der Waals surface area contributed by atoms with Crippen LogP contribution in [0.25, 0.3) is 10.9 Å². The number of esters is 1. The fourth-order valence-electron chi connectivity index (χ4n) is 2.04. The number of amides is 1. The minimum absolute atomic E-state index is 0.348. The van der Waals surface area contributed by atoms with E-state index in [4.69, 9.17) is 0 Å². The second-order valence-corrected chi connectivity index (χ2v) is 4.51. The molecule has 0 saturated heterocycles. The maximum Gasteiger partial charge on any atom is 0.328 e. The Morgan fingerprint density at radius 2 is 2.05 bits per heavy atom. The van der Waals surface area contributed by atoms with Crippen molar-refractivity contribution in [3.63, 3.8) is 0 Å². The maximum absolute atomic E-state index is 13.2. The van der Waals surface area contributed by atoms with Crippen LogP contribution in [0.3, 0.4) is 0 Å². The minimum Gasteiger partial charge on any atom is -0.467 e. The molecule has 0 aliphatic rings. The molecule has 0 fully saturated rings. The molecule has 1 atom stereocenters. The van der Waals surface area contributed by atoms with Gasteiger partial charge in [0, 0.05) is 18.0 Å². The summed E-state index contributed by atoms with van der Waals surface area (Å²) in [7, 11) is 2.96. The molecule has 0 aliphatic carbocycles. The molecule has 1 heterocycles. The van der Waals surface area contributed by atoms with Crippen LogP contribution in [0.5, 0.6) is 0 Å². The van der Waals surface area contributed by atoms with Gasteiger partial charge in [-0.25, -0.2) is 9.18 Å². The number of aromatic nitrogens is 1. The summed E-state index contributed by atoms with van der Waals surface area (Å²) in [6.07, 6.45) is 0. The Labute approximate surface area is 115 Å². The summed E-state index contributed by atoms with van der Waals surface area (Å²) in [6.45, 7) is 1.53. The zero-order valence-electron chi connectivity index (χ0n) is 11.4. The molecule has 2 rings (SSSR count). The molecule has 106 valence electrons. The summed E-state index contributed by atoms with van der Waals surface area (Å²) in [6, 6.07) is 5.13. The number of hydrogen-bond donors (Lipinski definition) is 1. The molecular formula is C14H15FN2O3. The third kappa shape index (κ3) is 2.49. The van der Waals surface area contributed by atoms with E-state index in [9.17, 15) is 14.0 Å². The Morgan fingerprint density at radius 1 is 1.35 bits per heavy atom. The van der Waals surface area contributed by atoms with E-state index in [2.05, 4.69) is 10.1 Å². The number of rotatable bonds is 3. The van der Waals surface area contributed by atoms with Gasteiger partial charge < -0.3 is 14.6 Å². The Morgan fingerprint density at radius 3 is 2.70 bits per heavy atom. The third-order valence-electron chi connectivity index (χ3n) is 3.14. The van der Waals surface area contributed by atoms with Gasteiger partial charge in [0.15, 0.2) is 0 Å². The van der Waals surface area contributed by atoms with Crippen LogP contribution in [0.4, 0.5) is 4.39 Å². The molecule has 6 heteroatoms. The van der Waals surface area contributed by atoms with Gasteiger partial charge in [-0.15, -0.1) is 0 Å². The molecule has 1 N–H and O–H groups in total. The summed E-state index contributed by atoms with van der Waals surface area (Å²) in [4.78, 5) is 23.4. The van der Waals surface area contributed by atoms with Crippen LogP contribution in [-0.2, 0) is 16.6 Å². The number of carbonyl (C=O) groups excluding carboxylic acids is 2. The summed E-state index contributed by atoms with van der Waals surface area (Å²) < 4.78 is 19.4. The van der Waals surface area contributed by atoms with Crippen molar-refractivity contribution in [1.82, 2.24) is 9.88 Å². The predicted molar refractivity (Wildman–Crippen MR) is 71.8 cm³/mol. The van der Waals surface area contributed by atoms with E-state index in [1.165, 1.54) is 26.2 Å². The summed E-state index contributed by atoms with van der Waals surface area (Å²) in [5.41, 5.74) is 1.09. The largest absolute Gasteiger partial charge is 0.467 e. The number of aryl methyl sites for hydroxylation is 1. The van der Waals surface area contributed by atoms with Crippen LogP contribution >= 0.6 is 0 Å². The molecule has 20 heavy (non-hydrogen) atoms. The molecule has 1 aromatic carbocycles. The zero-order chi connectivity index (χ0) is 14.9. The normalized spacial score (nSPS) is 12.2. The molecule has 0 radical (unpaired) electrons. The topological polar surface area (TPSA) is 60.3 Å². The van der Waals surface area contributed by atoms with Gasteiger partial charge in [-0.2, -0.15) is 0 Å². The molecule has 0 spiro atoms. The number of methoxy groups -OCH3 is 1. The second kappa shape index (κ2) is 5.32. The van der Waals surface area contributed by atoms with E-state index in [1.54, 1.807) is 23.7 Å². The van der Waals surface area contributed by atoms with Crippen LogP contribution in [0.15, 0.2) is 24.3 Å². The van der Waals surface area contributed by atoms with Gasteiger partial charge in [0.1, 0.15) is 17.6 Å². The van der Waals surface area contributed by atoms with E-state index >= 15 is 0 Å². The summed E-state index contributed by atoms with van der Waals surface area (Å²) in [5.74, 6) is -1.30. The number of fused-ring (bicyclic) bond motifs is 1. The van der Waals surface area contributed by atoms with E-state index in [0.29, 0.717) is 11.1 Å². The van der Waals surface area contributed by atoms with Crippen molar-refractivity contribution >= 4 is 22.8 Å². The average Bonchev–Trinajstić information content (AvgIpc) is 2.74. The number of carbonyl (C=O) groups is 2. The van der Waals surface area contributed by atoms with E-state index in [0.717, 1.165) is 5.52 Å². The van der Waals surface area contributed by atoms with E-state index in [-0.39, 0.29) is 5.82 Å². The van der Waals surface area contributed by atoms with Crippen molar-refractivity contribution < 1.29 is 18.7 Å². The quantitative estimate of drug-likeness (QED) is 0.868. The Balaban J connectivity index is 2.31. The smallest absolute Gasteiger partial charge is 0.328 e. The lowest BCUT2D eigenvalue weighted by atomic mass is 10.2. The predicted octanol–water partition coefficient (Wildman–Crippen LogP) is 1.61. The van der Waals surface area contributed by atoms with Gasteiger partial charge in [-0.1, -0.05) is 0 Å². The highest BCUT2D eigenvalue weighted by Crippen LogP contribution is 2.19. The first kappa shape index (κ1) is 14.0. The Kier molecular flexibility index (Phi) is 3.74. The highest BCUT2D eigenvalue weighted by Gasteiger charge is 2.19. The average molecular weight is 278 g/mol. The van der Waals surface area contributed by atoms with Gasteiger partial charge in [0.25, 0.3) is 5.91 Å². The molecule has 1 aromatic heterocycles. The molecule has 0 aliphatic heterocycles. The van der Waals surface area contributed by atoms with Crippen LogP contribution in [0.2, 0.25) is 0 Å². The van der Waals surface area contributed by atoms with Crippen LogP contribution in [-0.4, -0.2) is 29.6 Å². The van der Waals surface area contributed by atoms with E-state index in [1.807, 2.05) is 0 Å². The minimum atomic E-state index is -0.748. The number of hydrogen-bond acceptors (Lipinski definition) is 3. The monoisotopic (exact) mass is 278 g/mol. The Bertz CT molecular complexity index is 678. The lowest BCUT2D eigenvalue weighted by Crippen LogP contribution is -2.39. The van der Waals surface area contributed by atoms with Gasteiger partial charge in [-0.3, -0.25) is 4.79 Å². The number of ether oxygens (including phenoxy) is 1. The first-order chi connectivity index (χ1) is 9.43. The molecule has 0 unspecified atom stereocenters. The molecule has 2 aromatic rings. The number of nitrogens with one attached hydrogen (secondary N) is 1. The maximum atomic E-state index is 13.2. The number of benzene rings is 1. The molecular weight excluding hydrogens is 263 g/mol. The van der Waals surface area contributed by atoms with Crippen molar-refractivity contribution in [3.05, 3.63) is 35.8 Å². The first-order valence-corrected chi connectivity index (χ1v) is 6.07. The van der Waals surface area contributed by atoms with Gasteiger partial charge in [0.05, 0.1) is 7.11 Å². The Hall–Kier alpha value is -2.37. The fraction of sp³-hybridized carbons (Fsp3) is 0.286. The van der Waals surface area contributed by atoms with Crippen LogP contribution in [0, 0.1) is 5.82 Å². The second-order valence-electron chi connectivity index (χ2n) is 4.51. The lowest BCUT2D eigenvalue weighted by molar-refractivity contribution is -0.142. The van der Waals surface area contributed by atoms with Gasteiger partial charge >= 0.3 is 5.97 Å². The lowest BCUT2D eigenvalue weighted by Gasteiger charge is -2.11. The van der Waals surface area contributed by atoms with Gasteiger partial charge in [0.2, 0.25) is 0 Å². The van der Waals surface area contributed by atoms with Crippen molar-refractivity contribution in [2.24, 2.45) is 7.05 Å². The van der Waals surface area contributed by atoms with Crippen LogP contribution in [0.1, 0.15) is 17.4 Å². The number of halogens is 1. The highest BCUT2D eigenvalue weighted by molar-refractivity contribution is 6.00. The third-order valence-corrected chi connectivity index (χ3v) is 3.14. The fourth-order valence-corrected chi connectivity index (χ4v) is 2.04. The van der Waals surface area contributed by atoms with Crippen molar-refractivity contribution in [3.8, 4) is 0 Å². The van der Waals surface area contributed by atoms with Gasteiger partial charge in [-0.05, 0) is 31.2 Å². The highest BCUT2D eigenvalue weighted by atomic mass is 19.1.